The lowest BCUT2D eigenvalue weighted by atomic mass is 9.85. The van der Waals surface area contributed by atoms with Gasteiger partial charge in [0.05, 0.1) is 17.0 Å². The molecule has 6 nitrogen and oxygen atoms in total. The fourth-order valence-electron chi connectivity index (χ4n) is 2.20. The first-order chi connectivity index (χ1) is 11.2. The van der Waals surface area contributed by atoms with Crippen LogP contribution in [0.3, 0.4) is 0 Å². The minimum absolute atomic E-state index is 0.0715. The van der Waals surface area contributed by atoms with Crippen molar-refractivity contribution in [2.24, 2.45) is 5.92 Å². The highest BCUT2D eigenvalue weighted by Crippen LogP contribution is 2.28. The number of hydrogen-bond acceptors (Lipinski definition) is 4. The van der Waals surface area contributed by atoms with Gasteiger partial charge in [-0.1, -0.05) is 42.7 Å². The van der Waals surface area contributed by atoms with Crippen molar-refractivity contribution in [3.05, 3.63) is 41.0 Å². The zero-order chi connectivity index (χ0) is 17.9. The van der Waals surface area contributed by atoms with Gasteiger partial charge in [-0.2, -0.15) is 0 Å². The quantitative estimate of drug-likeness (QED) is 0.830. The number of hydrogen-bond donors (Lipinski definition) is 2. The summed E-state index contributed by atoms with van der Waals surface area (Å²) in [6.45, 7) is 5.39. The van der Waals surface area contributed by atoms with Crippen LogP contribution < -0.4 is 5.32 Å². The Morgan fingerprint density at radius 3 is 2.62 bits per heavy atom. The van der Waals surface area contributed by atoms with Gasteiger partial charge in [0.1, 0.15) is 0 Å². The Morgan fingerprint density at radius 1 is 1.38 bits per heavy atom. The number of nitrogens with one attached hydrogen (secondary N) is 1. The number of carboxylic acid groups (broad SMARTS) is 1. The molecule has 1 heterocycles. The van der Waals surface area contributed by atoms with Crippen molar-refractivity contribution in [3.8, 4) is 11.3 Å². The standard InChI is InChI=1S/C17H19ClN2O4/c1-10(2)17(3,9-15(21)22)19-16(23)13-8-14(24-20-13)11-6-4-5-7-12(11)18/h4-8,10H,9H2,1-3H3,(H,19,23)(H,21,22). The molecule has 128 valence electrons. The third-order valence-electron chi connectivity index (χ3n) is 4.07. The number of aromatic nitrogens is 1. The van der Waals surface area contributed by atoms with Crippen LogP contribution in [0.1, 0.15) is 37.7 Å². The number of carbonyl (C=O) groups is 2. The molecule has 1 atom stereocenters. The van der Waals surface area contributed by atoms with Gasteiger partial charge < -0.3 is 14.9 Å². The maximum Gasteiger partial charge on any atom is 0.305 e. The Hall–Kier alpha value is -2.34. The zero-order valence-corrected chi connectivity index (χ0v) is 14.4. The van der Waals surface area contributed by atoms with Gasteiger partial charge >= 0.3 is 5.97 Å². The molecule has 24 heavy (non-hydrogen) atoms. The monoisotopic (exact) mass is 350 g/mol. The van der Waals surface area contributed by atoms with E-state index in [1.807, 2.05) is 13.8 Å². The van der Waals surface area contributed by atoms with Gasteiger partial charge in [-0.15, -0.1) is 0 Å². The number of amides is 1. The van der Waals surface area contributed by atoms with Crippen LogP contribution in [0, 0.1) is 5.92 Å². The van der Waals surface area contributed by atoms with E-state index in [0.29, 0.717) is 16.3 Å². The van der Waals surface area contributed by atoms with Crippen molar-refractivity contribution in [2.75, 3.05) is 0 Å². The van der Waals surface area contributed by atoms with E-state index in [-0.39, 0.29) is 18.0 Å². The maximum atomic E-state index is 12.4. The minimum Gasteiger partial charge on any atom is -0.481 e. The highest BCUT2D eigenvalue weighted by atomic mass is 35.5. The number of carboxylic acids is 1. The molecule has 2 N–H and O–H groups in total. The molecule has 1 amide bonds. The van der Waals surface area contributed by atoms with Gasteiger partial charge in [0.15, 0.2) is 11.5 Å². The molecule has 0 aliphatic rings. The normalized spacial score (nSPS) is 13.5. The molecule has 1 unspecified atom stereocenters. The highest BCUT2D eigenvalue weighted by molar-refractivity contribution is 6.33. The van der Waals surface area contributed by atoms with Crippen molar-refractivity contribution in [3.63, 3.8) is 0 Å². The SMILES string of the molecule is CC(C)C(C)(CC(=O)O)NC(=O)c1cc(-c2ccccc2Cl)on1. The lowest BCUT2D eigenvalue weighted by Crippen LogP contribution is -2.51. The summed E-state index contributed by atoms with van der Waals surface area (Å²) in [5.41, 5.74) is -0.197. The van der Waals surface area contributed by atoms with Crippen LogP contribution in [0.2, 0.25) is 5.02 Å². The molecule has 0 saturated carbocycles. The Balaban J connectivity index is 2.22. The molecule has 0 bridgehead atoms. The molecule has 0 radical (unpaired) electrons. The van der Waals surface area contributed by atoms with Crippen molar-refractivity contribution >= 4 is 23.5 Å². The molecule has 2 rings (SSSR count). The van der Waals surface area contributed by atoms with Crippen LogP contribution in [0.15, 0.2) is 34.9 Å². The number of benzene rings is 1. The van der Waals surface area contributed by atoms with Crippen LogP contribution in [0.5, 0.6) is 0 Å². The third kappa shape index (κ3) is 3.94. The first-order valence-electron chi connectivity index (χ1n) is 7.49. The molecule has 0 aliphatic carbocycles. The molecule has 1 aromatic carbocycles. The Labute approximate surface area is 144 Å². The minimum atomic E-state index is -0.983. The smallest absolute Gasteiger partial charge is 0.305 e. The number of nitrogens with zero attached hydrogens (tertiary/aromatic N) is 1. The second-order valence-corrected chi connectivity index (χ2v) is 6.56. The summed E-state index contributed by atoms with van der Waals surface area (Å²) < 4.78 is 5.20. The van der Waals surface area contributed by atoms with Crippen molar-refractivity contribution in [2.45, 2.75) is 32.7 Å². The van der Waals surface area contributed by atoms with Crippen LogP contribution >= 0.6 is 11.6 Å². The largest absolute Gasteiger partial charge is 0.481 e. The van der Waals surface area contributed by atoms with Gasteiger partial charge in [-0.25, -0.2) is 0 Å². The fraction of sp³-hybridized carbons (Fsp3) is 0.353. The van der Waals surface area contributed by atoms with E-state index in [9.17, 15) is 9.59 Å². The van der Waals surface area contributed by atoms with Crippen LogP contribution in [0.4, 0.5) is 0 Å². The predicted molar refractivity (Wildman–Crippen MR) is 89.9 cm³/mol. The first-order valence-corrected chi connectivity index (χ1v) is 7.86. The Morgan fingerprint density at radius 2 is 2.04 bits per heavy atom. The second-order valence-electron chi connectivity index (χ2n) is 6.15. The highest BCUT2D eigenvalue weighted by Gasteiger charge is 2.34. The van der Waals surface area contributed by atoms with Gasteiger partial charge in [0, 0.05) is 11.6 Å². The first kappa shape index (κ1) is 18.0. The number of carbonyl (C=O) groups excluding carboxylic acids is 1. The summed E-state index contributed by atoms with van der Waals surface area (Å²) in [6, 6.07) is 8.54. The van der Waals surface area contributed by atoms with E-state index < -0.39 is 17.4 Å². The predicted octanol–water partition coefficient (Wildman–Crippen LogP) is 3.61. The van der Waals surface area contributed by atoms with Gasteiger partial charge in [-0.05, 0) is 25.0 Å². The van der Waals surface area contributed by atoms with E-state index >= 15 is 0 Å². The lowest BCUT2D eigenvalue weighted by molar-refractivity contribution is -0.138. The summed E-state index contributed by atoms with van der Waals surface area (Å²) in [5.74, 6) is -1.18. The fourth-order valence-corrected chi connectivity index (χ4v) is 2.43. The van der Waals surface area contributed by atoms with Gasteiger partial charge in [-0.3, -0.25) is 9.59 Å². The topological polar surface area (TPSA) is 92.4 Å². The van der Waals surface area contributed by atoms with E-state index in [4.69, 9.17) is 21.2 Å². The summed E-state index contributed by atoms with van der Waals surface area (Å²) in [7, 11) is 0. The summed E-state index contributed by atoms with van der Waals surface area (Å²) in [5, 5.41) is 16.1. The number of aliphatic carboxylic acids is 1. The van der Waals surface area contributed by atoms with Crippen LogP contribution in [0.25, 0.3) is 11.3 Å². The molecular weight excluding hydrogens is 332 g/mol. The average molecular weight is 351 g/mol. The second kappa shape index (κ2) is 7.05. The van der Waals surface area contributed by atoms with Crippen molar-refractivity contribution < 1.29 is 19.2 Å². The van der Waals surface area contributed by atoms with E-state index in [1.54, 1.807) is 31.2 Å². The molecule has 1 aromatic heterocycles. The number of halogens is 1. The van der Waals surface area contributed by atoms with Crippen LogP contribution in [-0.4, -0.2) is 27.7 Å². The average Bonchev–Trinajstić information content (AvgIpc) is 2.96. The maximum absolute atomic E-state index is 12.4. The molecule has 0 fully saturated rings. The lowest BCUT2D eigenvalue weighted by Gasteiger charge is -2.33. The van der Waals surface area contributed by atoms with Gasteiger partial charge in [0.2, 0.25) is 0 Å². The molecule has 0 spiro atoms. The Bertz CT molecular complexity index is 757. The molecule has 7 heteroatoms. The van der Waals surface area contributed by atoms with E-state index in [1.165, 1.54) is 6.07 Å². The summed E-state index contributed by atoms with van der Waals surface area (Å²) >= 11 is 6.10. The van der Waals surface area contributed by atoms with Crippen LogP contribution in [-0.2, 0) is 4.79 Å². The van der Waals surface area contributed by atoms with Gasteiger partial charge in [0.25, 0.3) is 5.91 Å². The number of rotatable bonds is 6. The molecular formula is C17H19ClN2O4. The molecule has 0 saturated heterocycles. The van der Waals surface area contributed by atoms with Crippen molar-refractivity contribution in [1.82, 2.24) is 10.5 Å². The molecule has 2 aromatic rings. The van der Waals surface area contributed by atoms with E-state index in [0.717, 1.165) is 0 Å². The molecule has 0 aliphatic heterocycles. The van der Waals surface area contributed by atoms with E-state index in [2.05, 4.69) is 10.5 Å². The summed E-state index contributed by atoms with van der Waals surface area (Å²) in [6.07, 6.45) is -0.189. The third-order valence-corrected chi connectivity index (χ3v) is 4.40. The Kier molecular flexibility index (Phi) is 5.29. The zero-order valence-electron chi connectivity index (χ0n) is 13.7. The summed E-state index contributed by atoms with van der Waals surface area (Å²) in [4.78, 5) is 23.5. The van der Waals surface area contributed by atoms with Crippen molar-refractivity contribution in [1.29, 1.82) is 0 Å².